The summed E-state index contributed by atoms with van der Waals surface area (Å²) in [5.41, 5.74) is 3.82. The van der Waals surface area contributed by atoms with Gasteiger partial charge in [-0.3, -0.25) is 9.20 Å². The molecule has 3 aromatic rings. The lowest BCUT2D eigenvalue weighted by atomic mass is 10.1. The van der Waals surface area contributed by atoms with Crippen LogP contribution in [0.25, 0.3) is 5.65 Å². The third-order valence-electron chi connectivity index (χ3n) is 3.87. The van der Waals surface area contributed by atoms with Gasteiger partial charge in [0.25, 0.3) is 5.56 Å². The predicted octanol–water partition coefficient (Wildman–Crippen LogP) is 1.83. The molecule has 0 radical (unpaired) electrons. The molecule has 0 aliphatic carbocycles. The number of hydrogen-bond acceptors (Lipinski definition) is 2. The van der Waals surface area contributed by atoms with E-state index in [-0.39, 0.29) is 5.56 Å². The summed E-state index contributed by atoms with van der Waals surface area (Å²) in [4.78, 5) is 16.7. The number of aryl methyl sites for hydroxylation is 1. The van der Waals surface area contributed by atoms with Gasteiger partial charge in [-0.15, -0.1) is 0 Å². The molecule has 1 atom stereocenters. The molecule has 0 aliphatic rings. The van der Waals surface area contributed by atoms with Crippen molar-refractivity contribution in [1.29, 1.82) is 0 Å². The van der Waals surface area contributed by atoms with E-state index in [4.69, 9.17) is 0 Å². The van der Waals surface area contributed by atoms with Crippen LogP contribution < -0.4 is 10.9 Å². The fourth-order valence-electron chi connectivity index (χ4n) is 2.55. The minimum Gasteiger partial charge on any atom is -0.335 e. The molecule has 0 amide bonds. The normalized spacial score (nSPS) is 12.5. The number of nitrogens with two attached hydrogens (primary N) is 1. The Bertz CT molecular complexity index is 840. The number of fused-ring (bicyclic) bond motifs is 1. The van der Waals surface area contributed by atoms with Crippen LogP contribution in [-0.2, 0) is 6.54 Å². The summed E-state index contributed by atoms with van der Waals surface area (Å²) >= 11 is 0. The molecular formula is C18H20N3O+. The number of quaternary nitrogens is 1. The van der Waals surface area contributed by atoms with Crippen molar-refractivity contribution in [3.05, 3.63) is 81.9 Å². The molecule has 2 N–H and O–H groups in total. The van der Waals surface area contributed by atoms with Crippen molar-refractivity contribution in [2.45, 2.75) is 26.4 Å². The van der Waals surface area contributed by atoms with Crippen LogP contribution in [0, 0.1) is 6.92 Å². The van der Waals surface area contributed by atoms with Crippen LogP contribution in [0.3, 0.4) is 0 Å². The Hall–Kier alpha value is -2.46. The summed E-state index contributed by atoms with van der Waals surface area (Å²) in [6.07, 6.45) is 1.82. The number of benzene rings is 1. The maximum absolute atomic E-state index is 12.2. The first-order valence-electron chi connectivity index (χ1n) is 7.51. The predicted molar refractivity (Wildman–Crippen MR) is 86.7 cm³/mol. The van der Waals surface area contributed by atoms with Crippen molar-refractivity contribution in [1.82, 2.24) is 9.38 Å². The van der Waals surface area contributed by atoms with Gasteiger partial charge in [0.1, 0.15) is 23.9 Å². The molecule has 3 rings (SSSR count). The average Bonchev–Trinajstić information content (AvgIpc) is 2.54. The van der Waals surface area contributed by atoms with Gasteiger partial charge < -0.3 is 5.32 Å². The van der Waals surface area contributed by atoms with Crippen LogP contribution in [-0.4, -0.2) is 9.38 Å². The molecular weight excluding hydrogens is 274 g/mol. The van der Waals surface area contributed by atoms with E-state index in [0.717, 1.165) is 11.3 Å². The van der Waals surface area contributed by atoms with Gasteiger partial charge in [-0.1, -0.05) is 36.4 Å². The largest absolute Gasteiger partial charge is 0.335 e. The SMILES string of the molecule is Cc1ccc2nc(C[NH2+][C@H](C)c3ccccc3)cc(=O)n2c1. The van der Waals surface area contributed by atoms with Gasteiger partial charge in [0.2, 0.25) is 0 Å². The zero-order chi connectivity index (χ0) is 15.5. The topological polar surface area (TPSA) is 51.0 Å². The van der Waals surface area contributed by atoms with Crippen LogP contribution in [0.5, 0.6) is 0 Å². The summed E-state index contributed by atoms with van der Waals surface area (Å²) in [5.74, 6) is 0. The first-order chi connectivity index (χ1) is 10.6. The molecule has 0 fully saturated rings. The van der Waals surface area contributed by atoms with Gasteiger partial charge in [-0.05, 0) is 25.5 Å². The molecule has 22 heavy (non-hydrogen) atoms. The van der Waals surface area contributed by atoms with Crippen molar-refractivity contribution in [3.63, 3.8) is 0 Å². The molecule has 2 aromatic heterocycles. The molecule has 0 saturated heterocycles. The molecule has 112 valence electrons. The van der Waals surface area contributed by atoms with Crippen LogP contribution in [0.1, 0.15) is 29.8 Å². The highest BCUT2D eigenvalue weighted by Crippen LogP contribution is 2.07. The second-order valence-electron chi connectivity index (χ2n) is 5.66. The first-order valence-corrected chi connectivity index (χ1v) is 7.51. The standard InChI is InChI=1S/C18H19N3O/c1-13-8-9-17-20-16(10-18(22)21(17)12-13)11-19-14(2)15-6-4-3-5-7-15/h3-10,12,14,19H,11H2,1-2H3/p+1/t14-/m1/s1. The lowest BCUT2D eigenvalue weighted by Crippen LogP contribution is -2.83. The zero-order valence-electron chi connectivity index (χ0n) is 12.9. The smallest absolute Gasteiger partial charge is 0.258 e. The van der Waals surface area contributed by atoms with Crippen LogP contribution in [0.4, 0.5) is 0 Å². The molecule has 0 saturated carbocycles. The lowest BCUT2D eigenvalue weighted by Gasteiger charge is -2.11. The molecule has 0 bridgehead atoms. The molecule has 4 heteroatoms. The Morgan fingerprint density at radius 1 is 1.18 bits per heavy atom. The molecule has 4 nitrogen and oxygen atoms in total. The number of aromatic nitrogens is 2. The molecule has 1 aromatic carbocycles. The van der Waals surface area contributed by atoms with Crippen molar-refractivity contribution in [2.24, 2.45) is 0 Å². The fraction of sp³-hybridized carbons (Fsp3) is 0.222. The summed E-state index contributed by atoms with van der Waals surface area (Å²) in [6.45, 7) is 4.82. The van der Waals surface area contributed by atoms with Gasteiger partial charge in [0.15, 0.2) is 0 Å². The van der Waals surface area contributed by atoms with E-state index in [0.29, 0.717) is 18.2 Å². The van der Waals surface area contributed by atoms with E-state index in [1.807, 2.05) is 43.5 Å². The second kappa shape index (κ2) is 6.12. The van der Waals surface area contributed by atoms with Crippen molar-refractivity contribution in [3.8, 4) is 0 Å². The van der Waals surface area contributed by atoms with Crippen molar-refractivity contribution < 1.29 is 5.32 Å². The highest BCUT2D eigenvalue weighted by molar-refractivity contribution is 5.39. The van der Waals surface area contributed by atoms with Crippen LogP contribution >= 0.6 is 0 Å². The number of pyridine rings is 1. The van der Waals surface area contributed by atoms with Crippen LogP contribution in [0.15, 0.2) is 59.5 Å². The van der Waals surface area contributed by atoms with E-state index in [1.54, 1.807) is 10.5 Å². The summed E-state index contributed by atoms with van der Waals surface area (Å²) in [7, 11) is 0. The Balaban J connectivity index is 1.80. The Morgan fingerprint density at radius 2 is 1.95 bits per heavy atom. The highest BCUT2D eigenvalue weighted by Gasteiger charge is 2.09. The van der Waals surface area contributed by atoms with Crippen LogP contribution in [0.2, 0.25) is 0 Å². The Labute approximate surface area is 129 Å². The summed E-state index contributed by atoms with van der Waals surface area (Å²) in [5, 5.41) is 2.20. The molecule has 0 spiro atoms. The Kier molecular flexibility index (Phi) is 4.02. The maximum Gasteiger partial charge on any atom is 0.258 e. The maximum atomic E-state index is 12.2. The molecule has 2 heterocycles. The third-order valence-corrected chi connectivity index (χ3v) is 3.87. The summed E-state index contributed by atoms with van der Waals surface area (Å²) in [6, 6.07) is 16.2. The number of rotatable bonds is 4. The van der Waals surface area contributed by atoms with E-state index in [9.17, 15) is 4.79 Å². The third kappa shape index (κ3) is 3.07. The fourth-order valence-corrected chi connectivity index (χ4v) is 2.55. The van der Waals surface area contributed by atoms with Gasteiger partial charge in [-0.2, -0.15) is 0 Å². The van der Waals surface area contributed by atoms with E-state index >= 15 is 0 Å². The Morgan fingerprint density at radius 3 is 2.73 bits per heavy atom. The molecule has 0 unspecified atom stereocenters. The van der Waals surface area contributed by atoms with Gasteiger partial charge in [0, 0.05) is 17.8 Å². The lowest BCUT2D eigenvalue weighted by molar-refractivity contribution is -0.708. The van der Waals surface area contributed by atoms with Gasteiger partial charge >= 0.3 is 0 Å². The average molecular weight is 294 g/mol. The number of nitrogens with zero attached hydrogens (tertiary/aromatic N) is 2. The van der Waals surface area contributed by atoms with Gasteiger partial charge in [-0.25, -0.2) is 4.98 Å². The second-order valence-corrected chi connectivity index (χ2v) is 5.66. The number of hydrogen-bond donors (Lipinski definition) is 1. The highest BCUT2D eigenvalue weighted by atomic mass is 16.1. The minimum atomic E-state index is -0.0236. The van der Waals surface area contributed by atoms with E-state index in [2.05, 4.69) is 29.4 Å². The van der Waals surface area contributed by atoms with Crippen molar-refractivity contribution >= 4 is 5.65 Å². The van der Waals surface area contributed by atoms with Gasteiger partial charge in [0.05, 0.1) is 0 Å². The van der Waals surface area contributed by atoms with Crippen molar-refractivity contribution in [2.75, 3.05) is 0 Å². The quantitative estimate of drug-likeness (QED) is 0.798. The van der Waals surface area contributed by atoms with E-state index < -0.39 is 0 Å². The first kappa shape index (κ1) is 14.5. The zero-order valence-corrected chi connectivity index (χ0v) is 12.9. The van der Waals surface area contributed by atoms with E-state index in [1.165, 1.54) is 5.56 Å². The monoisotopic (exact) mass is 294 g/mol. The summed E-state index contributed by atoms with van der Waals surface area (Å²) < 4.78 is 1.60. The minimum absolute atomic E-state index is 0.0236. The molecule has 0 aliphatic heterocycles.